The molecule has 0 saturated carbocycles. The van der Waals surface area contributed by atoms with Crippen molar-refractivity contribution < 1.29 is 9.53 Å². The molecule has 1 aliphatic heterocycles. The molecule has 1 aliphatic rings. The average Bonchev–Trinajstić information content (AvgIpc) is 2.99. The highest BCUT2D eigenvalue weighted by molar-refractivity contribution is 5.82. The molecule has 1 fully saturated rings. The van der Waals surface area contributed by atoms with Gasteiger partial charge in [0.05, 0.1) is 6.61 Å². The molecule has 1 N–H and O–H groups in total. The SMILES string of the molecule is O=C(NCc1ccccc1)[C@@H]1CO1. The first-order valence-corrected chi connectivity index (χ1v) is 4.29. The number of hydrogen-bond donors (Lipinski definition) is 1. The summed E-state index contributed by atoms with van der Waals surface area (Å²) in [6.45, 7) is 1.15. The minimum atomic E-state index is -0.191. The lowest BCUT2D eigenvalue weighted by molar-refractivity contribution is -0.122. The van der Waals surface area contributed by atoms with Crippen molar-refractivity contribution in [2.75, 3.05) is 6.61 Å². The second kappa shape index (κ2) is 3.58. The van der Waals surface area contributed by atoms with E-state index in [0.717, 1.165) is 5.56 Å². The summed E-state index contributed by atoms with van der Waals surface area (Å²) in [5, 5.41) is 2.80. The Hall–Kier alpha value is -1.35. The van der Waals surface area contributed by atoms with E-state index in [1.807, 2.05) is 30.3 Å². The van der Waals surface area contributed by atoms with Crippen molar-refractivity contribution >= 4 is 5.91 Å². The molecule has 3 heteroatoms. The molecule has 2 rings (SSSR count). The molecule has 0 radical (unpaired) electrons. The number of hydrogen-bond acceptors (Lipinski definition) is 2. The first-order valence-electron chi connectivity index (χ1n) is 4.29. The van der Waals surface area contributed by atoms with Gasteiger partial charge in [-0.2, -0.15) is 0 Å². The van der Waals surface area contributed by atoms with Crippen LogP contribution in [0.1, 0.15) is 5.56 Å². The van der Waals surface area contributed by atoms with Gasteiger partial charge in [-0.25, -0.2) is 0 Å². The quantitative estimate of drug-likeness (QED) is 0.690. The van der Waals surface area contributed by atoms with E-state index in [1.54, 1.807) is 0 Å². The first-order chi connectivity index (χ1) is 6.36. The molecule has 68 valence electrons. The summed E-state index contributed by atoms with van der Waals surface area (Å²) in [5.74, 6) is -0.0103. The molecule has 0 unspecified atom stereocenters. The molecule has 1 amide bonds. The Bertz CT molecular complexity index is 293. The number of ether oxygens (including phenoxy) is 1. The Balaban J connectivity index is 1.82. The second-order valence-electron chi connectivity index (χ2n) is 3.03. The van der Waals surface area contributed by atoms with Crippen molar-refractivity contribution in [3.8, 4) is 0 Å². The van der Waals surface area contributed by atoms with E-state index in [0.29, 0.717) is 13.2 Å². The topological polar surface area (TPSA) is 41.6 Å². The zero-order valence-corrected chi connectivity index (χ0v) is 7.19. The Kier molecular flexibility index (Phi) is 2.27. The first kappa shape index (κ1) is 8.26. The lowest BCUT2D eigenvalue weighted by Crippen LogP contribution is -2.27. The Morgan fingerprint density at radius 3 is 2.77 bits per heavy atom. The van der Waals surface area contributed by atoms with Crippen LogP contribution in [0.3, 0.4) is 0 Å². The van der Waals surface area contributed by atoms with E-state index in [1.165, 1.54) is 0 Å². The minimum absolute atomic E-state index is 0.0103. The van der Waals surface area contributed by atoms with Crippen molar-refractivity contribution in [1.82, 2.24) is 5.32 Å². The molecule has 0 aliphatic carbocycles. The highest BCUT2D eigenvalue weighted by Crippen LogP contribution is 2.08. The molecule has 1 atom stereocenters. The van der Waals surface area contributed by atoms with Gasteiger partial charge in [0.2, 0.25) is 0 Å². The van der Waals surface area contributed by atoms with Crippen LogP contribution < -0.4 is 5.32 Å². The Labute approximate surface area is 76.7 Å². The molecule has 1 saturated heterocycles. The maximum atomic E-state index is 11.1. The maximum absolute atomic E-state index is 11.1. The van der Waals surface area contributed by atoms with Crippen LogP contribution in [-0.4, -0.2) is 18.6 Å². The Morgan fingerprint density at radius 2 is 2.15 bits per heavy atom. The van der Waals surface area contributed by atoms with Crippen LogP contribution in [0.15, 0.2) is 30.3 Å². The summed E-state index contributed by atoms with van der Waals surface area (Å²) in [6, 6.07) is 9.82. The van der Waals surface area contributed by atoms with Crippen molar-refractivity contribution in [2.24, 2.45) is 0 Å². The van der Waals surface area contributed by atoms with Gasteiger partial charge < -0.3 is 10.1 Å². The summed E-state index contributed by atoms with van der Waals surface area (Å²) in [7, 11) is 0. The molecule has 1 aromatic carbocycles. The fraction of sp³-hybridized carbons (Fsp3) is 0.300. The van der Waals surface area contributed by atoms with Crippen LogP contribution in [0.25, 0.3) is 0 Å². The van der Waals surface area contributed by atoms with Gasteiger partial charge >= 0.3 is 0 Å². The lowest BCUT2D eigenvalue weighted by Gasteiger charge is -2.02. The Morgan fingerprint density at radius 1 is 1.46 bits per heavy atom. The number of benzene rings is 1. The van der Waals surface area contributed by atoms with E-state index in [9.17, 15) is 4.79 Å². The molecular weight excluding hydrogens is 166 g/mol. The van der Waals surface area contributed by atoms with Gasteiger partial charge in [-0.15, -0.1) is 0 Å². The minimum Gasteiger partial charge on any atom is -0.363 e. The summed E-state index contributed by atoms with van der Waals surface area (Å²) in [4.78, 5) is 11.1. The van der Waals surface area contributed by atoms with Crippen molar-refractivity contribution in [2.45, 2.75) is 12.6 Å². The van der Waals surface area contributed by atoms with Gasteiger partial charge in [0, 0.05) is 6.54 Å². The molecule has 3 nitrogen and oxygen atoms in total. The number of carbonyl (C=O) groups excluding carboxylic acids is 1. The summed E-state index contributed by atoms with van der Waals surface area (Å²) in [5.41, 5.74) is 1.11. The van der Waals surface area contributed by atoms with Crippen LogP contribution in [0.5, 0.6) is 0 Å². The zero-order chi connectivity index (χ0) is 9.10. The molecule has 1 heterocycles. The number of amides is 1. The molecule has 0 spiro atoms. The van der Waals surface area contributed by atoms with E-state index in [2.05, 4.69) is 5.32 Å². The molecule has 0 aromatic heterocycles. The number of epoxide rings is 1. The van der Waals surface area contributed by atoms with Crippen LogP contribution >= 0.6 is 0 Å². The van der Waals surface area contributed by atoms with Gasteiger partial charge in [0.25, 0.3) is 5.91 Å². The van der Waals surface area contributed by atoms with Crippen molar-refractivity contribution in [3.05, 3.63) is 35.9 Å². The number of nitrogens with one attached hydrogen (secondary N) is 1. The number of carbonyl (C=O) groups is 1. The van der Waals surface area contributed by atoms with Gasteiger partial charge in [0.1, 0.15) is 0 Å². The van der Waals surface area contributed by atoms with E-state index < -0.39 is 0 Å². The predicted molar refractivity (Wildman–Crippen MR) is 48.0 cm³/mol. The van der Waals surface area contributed by atoms with Gasteiger partial charge in [-0.05, 0) is 5.56 Å². The summed E-state index contributed by atoms with van der Waals surface area (Å²) in [6.07, 6.45) is -0.191. The average molecular weight is 177 g/mol. The third-order valence-electron chi connectivity index (χ3n) is 1.94. The van der Waals surface area contributed by atoms with Crippen LogP contribution in [0, 0.1) is 0 Å². The molecule has 0 bridgehead atoms. The lowest BCUT2D eigenvalue weighted by atomic mass is 10.2. The van der Waals surface area contributed by atoms with Crippen LogP contribution in [0.2, 0.25) is 0 Å². The largest absolute Gasteiger partial charge is 0.363 e. The molecule has 1 aromatic rings. The van der Waals surface area contributed by atoms with Gasteiger partial charge in [0.15, 0.2) is 6.10 Å². The van der Waals surface area contributed by atoms with Gasteiger partial charge in [-0.3, -0.25) is 4.79 Å². The highest BCUT2D eigenvalue weighted by Gasteiger charge is 2.30. The van der Waals surface area contributed by atoms with Crippen LogP contribution in [-0.2, 0) is 16.1 Å². The van der Waals surface area contributed by atoms with Crippen molar-refractivity contribution in [3.63, 3.8) is 0 Å². The van der Waals surface area contributed by atoms with E-state index in [4.69, 9.17) is 4.74 Å². The molecular formula is C10H11NO2. The van der Waals surface area contributed by atoms with Gasteiger partial charge in [-0.1, -0.05) is 30.3 Å². The molecule has 13 heavy (non-hydrogen) atoms. The predicted octanol–water partition coefficient (Wildman–Crippen LogP) is 0.702. The van der Waals surface area contributed by atoms with E-state index >= 15 is 0 Å². The van der Waals surface area contributed by atoms with Crippen molar-refractivity contribution in [1.29, 1.82) is 0 Å². The third kappa shape index (κ3) is 2.29. The zero-order valence-electron chi connectivity index (χ0n) is 7.19. The number of rotatable bonds is 3. The standard InChI is InChI=1S/C10H11NO2/c12-10(9-7-13-9)11-6-8-4-2-1-3-5-8/h1-5,9H,6-7H2,(H,11,12)/t9-/m0/s1. The fourth-order valence-corrected chi connectivity index (χ4v) is 1.10. The highest BCUT2D eigenvalue weighted by atomic mass is 16.6. The smallest absolute Gasteiger partial charge is 0.251 e. The fourth-order valence-electron chi connectivity index (χ4n) is 1.10. The summed E-state index contributed by atoms with van der Waals surface area (Å²) >= 11 is 0. The second-order valence-corrected chi connectivity index (χ2v) is 3.03. The normalized spacial score (nSPS) is 19.5. The third-order valence-corrected chi connectivity index (χ3v) is 1.94. The summed E-state index contributed by atoms with van der Waals surface area (Å²) < 4.78 is 4.85. The van der Waals surface area contributed by atoms with E-state index in [-0.39, 0.29) is 12.0 Å². The van der Waals surface area contributed by atoms with Crippen LogP contribution in [0.4, 0.5) is 0 Å². The monoisotopic (exact) mass is 177 g/mol. The maximum Gasteiger partial charge on any atom is 0.251 e.